The summed E-state index contributed by atoms with van der Waals surface area (Å²) in [6.07, 6.45) is 9.70. The van der Waals surface area contributed by atoms with Crippen molar-refractivity contribution in [1.29, 1.82) is 0 Å². The third-order valence-corrected chi connectivity index (χ3v) is 5.24. The van der Waals surface area contributed by atoms with Crippen LogP contribution in [0.3, 0.4) is 0 Å². The molecule has 1 N–H and O–H groups in total. The number of nitrogens with one attached hydrogen (secondary N) is 1. The fourth-order valence-electron chi connectivity index (χ4n) is 4.69. The molecule has 2 aliphatic rings. The van der Waals surface area contributed by atoms with Gasteiger partial charge in [-0.3, -0.25) is 0 Å². The van der Waals surface area contributed by atoms with Crippen LogP contribution in [0.2, 0.25) is 0 Å². The standard InChI is InChI=1S/C17H33NO/c1-4-18-16(15-7-11-19-12-8-15)17(13-14(2)3)9-5-6-10-17/h14-16,18H,4-13H2,1-3H3. The predicted octanol–water partition coefficient (Wildman–Crippen LogP) is 4.00. The van der Waals surface area contributed by atoms with Crippen molar-refractivity contribution in [3.05, 3.63) is 0 Å². The molecule has 0 radical (unpaired) electrons. The number of hydrogen-bond donors (Lipinski definition) is 1. The van der Waals surface area contributed by atoms with E-state index in [4.69, 9.17) is 4.74 Å². The van der Waals surface area contributed by atoms with Crippen molar-refractivity contribution in [2.75, 3.05) is 19.8 Å². The van der Waals surface area contributed by atoms with E-state index in [1.165, 1.54) is 44.9 Å². The highest BCUT2D eigenvalue weighted by molar-refractivity contribution is 4.98. The van der Waals surface area contributed by atoms with Crippen LogP contribution in [0.15, 0.2) is 0 Å². The molecule has 1 heterocycles. The summed E-state index contributed by atoms with van der Waals surface area (Å²) in [6, 6.07) is 0.728. The average Bonchev–Trinajstić information content (AvgIpc) is 2.85. The lowest BCUT2D eigenvalue weighted by atomic mass is 9.67. The highest BCUT2D eigenvalue weighted by Crippen LogP contribution is 2.49. The zero-order valence-corrected chi connectivity index (χ0v) is 13.2. The molecule has 19 heavy (non-hydrogen) atoms. The van der Waals surface area contributed by atoms with Crippen LogP contribution in [0, 0.1) is 17.3 Å². The van der Waals surface area contributed by atoms with Gasteiger partial charge in [-0.15, -0.1) is 0 Å². The molecule has 0 aromatic heterocycles. The largest absolute Gasteiger partial charge is 0.381 e. The van der Waals surface area contributed by atoms with E-state index in [1.54, 1.807) is 0 Å². The van der Waals surface area contributed by atoms with Gasteiger partial charge < -0.3 is 10.1 Å². The van der Waals surface area contributed by atoms with Crippen LogP contribution in [0.5, 0.6) is 0 Å². The summed E-state index contributed by atoms with van der Waals surface area (Å²) in [6.45, 7) is 10.1. The molecule has 1 saturated heterocycles. The van der Waals surface area contributed by atoms with Crippen molar-refractivity contribution in [1.82, 2.24) is 5.32 Å². The topological polar surface area (TPSA) is 21.3 Å². The molecule has 112 valence electrons. The zero-order valence-electron chi connectivity index (χ0n) is 13.2. The maximum Gasteiger partial charge on any atom is 0.0469 e. The number of ether oxygens (including phenoxy) is 1. The van der Waals surface area contributed by atoms with Crippen molar-refractivity contribution in [3.8, 4) is 0 Å². The molecule has 0 aromatic rings. The van der Waals surface area contributed by atoms with Crippen LogP contribution in [0.1, 0.15) is 65.7 Å². The molecule has 1 saturated carbocycles. The Hall–Kier alpha value is -0.0800. The van der Waals surface area contributed by atoms with Crippen molar-refractivity contribution in [3.63, 3.8) is 0 Å². The Morgan fingerprint density at radius 1 is 1.16 bits per heavy atom. The van der Waals surface area contributed by atoms with E-state index in [0.717, 1.165) is 37.6 Å². The minimum atomic E-state index is 0.576. The lowest BCUT2D eigenvalue weighted by Gasteiger charge is -2.45. The molecule has 1 aliphatic heterocycles. The van der Waals surface area contributed by atoms with Gasteiger partial charge in [0.2, 0.25) is 0 Å². The zero-order chi connectivity index (χ0) is 13.7. The monoisotopic (exact) mass is 267 g/mol. The first-order valence-corrected chi connectivity index (χ1v) is 8.49. The van der Waals surface area contributed by atoms with Gasteiger partial charge in [-0.2, -0.15) is 0 Å². The lowest BCUT2D eigenvalue weighted by Crippen LogP contribution is -2.50. The van der Waals surface area contributed by atoms with Gasteiger partial charge >= 0.3 is 0 Å². The normalized spacial score (nSPS) is 25.9. The van der Waals surface area contributed by atoms with Crippen LogP contribution in [-0.4, -0.2) is 25.8 Å². The quantitative estimate of drug-likeness (QED) is 0.785. The molecule has 1 atom stereocenters. The second-order valence-corrected chi connectivity index (χ2v) is 7.15. The predicted molar refractivity (Wildman–Crippen MR) is 81.4 cm³/mol. The molecule has 2 nitrogen and oxygen atoms in total. The lowest BCUT2D eigenvalue weighted by molar-refractivity contribution is 0.0187. The van der Waals surface area contributed by atoms with Crippen LogP contribution in [0.4, 0.5) is 0 Å². The van der Waals surface area contributed by atoms with Crippen molar-refractivity contribution in [2.24, 2.45) is 17.3 Å². The maximum absolute atomic E-state index is 5.58. The number of rotatable bonds is 6. The minimum Gasteiger partial charge on any atom is -0.381 e. The van der Waals surface area contributed by atoms with Gasteiger partial charge in [-0.05, 0) is 55.9 Å². The van der Waals surface area contributed by atoms with Gasteiger partial charge in [0, 0.05) is 19.3 Å². The molecule has 2 fully saturated rings. The van der Waals surface area contributed by atoms with E-state index in [1.807, 2.05) is 0 Å². The summed E-state index contributed by atoms with van der Waals surface area (Å²) in [5.74, 6) is 1.66. The van der Waals surface area contributed by atoms with E-state index < -0.39 is 0 Å². The summed E-state index contributed by atoms with van der Waals surface area (Å²) >= 11 is 0. The summed E-state index contributed by atoms with van der Waals surface area (Å²) in [5.41, 5.74) is 0.576. The Kier molecular flexibility index (Phi) is 5.70. The third kappa shape index (κ3) is 3.72. The average molecular weight is 267 g/mol. The fourth-order valence-corrected chi connectivity index (χ4v) is 4.69. The summed E-state index contributed by atoms with van der Waals surface area (Å²) < 4.78 is 5.58. The molecule has 2 rings (SSSR count). The van der Waals surface area contributed by atoms with Gasteiger partial charge in [0.1, 0.15) is 0 Å². The molecule has 0 aromatic carbocycles. The second-order valence-electron chi connectivity index (χ2n) is 7.15. The number of hydrogen-bond acceptors (Lipinski definition) is 2. The molecular weight excluding hydrogens is 234 g/mol. The highest BCUT2D eigenvalue weighted by Gasteiger charge is 2.44. The molecule has 1 unspecified atom stereocenters. The Morgan fingerprint density at radius 3 is 2.32 bits per heavy atom. The van der Waals surface area contributed by atoms with Gasteiger partial charge in [0.15, 0.2) is 0 Å². The summed E-state index contributed by atoms with van der Waals surface area (Å²) in [5, 5.41) is 3.88. The van der Waals surface area contributed by atoms with E-state index >= 15 is 0 Å². The third-order valence-electron chi connectivity index (χ3n) is 5.24. The fraction of sp³-hybridized carbons (Fsp3) is 1.00. The SMILES string of the molecule is CCNC(C1CCOCC1)C1(CC(C)C)CCCC1. The first-order chi connectivity index (χ1) is 9.18. The smallest absolute Gasteiger partial charge is 0.0469 e. The van der Waals surface area contributed by atoms with E-state index in [-0.39, 0.29) is 0 Å². The minimum absolute atomic E-state index is 0.576. The van der Waals surface area contributed by atoms with Gasteiger partial charge in [0.05, 0.1) is 0 Å². The molecule has 0 bridgehead atoms. The Balaban J connectivity index is 2.12. The first kappa shape index (κ1) is 15.3. The van der Waals surface area contributed by atoms with Crippen LogP contribution >= 0.6 is 0 Å². The summed E-state index contributed by atoms with van der Waals surface area (Å²) in [7, 11) is 0. The van der Waals surface area contributed by atoms with Crippen LogP contribution in [-0.2, 0) is 4.74 Å². The van der Waals surface area contributed by atoms with Crippen molar-refractivity contribution < 1.29 is 4.74 Å². The molecular formula is C17H33NO. The molecule has 0 amide bonds. The second kappa shape index (κ2) is 7.08. The summed E-state index contributed by atoms with van der Waals surface area (Å²) in [4.78, 5) is 0. The van der Waals surface area contributed by atoms with Gasteiger partial charge in [-0.1, -0.05) is 33.6 Å². The molecule has 1 aliphatic carbocycles. The Morgan fingerprint density at radius 2 is 1.79 bits per heavy atom. The maximum atomic E-state index is 5.58. The van der Waals surface area contributed by atoms with Gasteiger partial charge in [0.25, 0.3) is 0 Å². The van der Waals surface area contributed by atoms with Gasteiger partial charge in [-0.25, -0.2) is 0 Å². The molecule has 0 spiro atoms. The first-order valence-electron chi connectivity index (χ1n) is 8.49. The van der Waals surface area contributed by atoms with Crippen LogP contribution < -0.4 is 5.32 Å². The highest BCUT2D eigenvalue weighted by atomic mass is 16.5. The van der Waals surface area contributed by atoms with Crippen LogP contribution in [0.25, 0.3) is 0 Å². The van der Waals surface area contributed by atoms with Crippen molar-refractivity contribution >= 4 is 0 Å². The van der Waals surface area contributed by atoms with E-state index in [2.05, 4.69) is 26.1 Å². The van der Waals surface area contributed by atoms with E-state index in [0.29, 0.717) is 5.41 Å². The Labute approximate surface area is 119 Å². The van der Waals surface area contributed by atoms with Crippen molar-refractivity contribution in [2.45, 2.75) is 71.8 Å². The molecule has 2 heteroatoms. The van der Waals surface area contributed by atoms with E-state index in [9.17, 15) is 0 Å². The Bertz CT molecular complexity index is 252.